The van der Waals surface area contributed by atoms with Crippen LogP contribution < -0.4 is 10.6 Å². The third-order valence-corrected chi connectivity index (χ3v) is 5.53. The lowest BCUT2D eigenvalue weighted by atomic mass is 10.3. The molecule has 0 saturated carbocycles. The van der Waals surface area contributed by atoms with Crippen LogP contribution in [0, 0.1) is 0 Å². The molecule has 0 amide bonds. The van der Waals surface area contributed by atoms with E-state index >= 15 is 0 Å². The van der Waals surface area contributed by atoms with Gasteiger partial charge in [0, 0.05) is 40.3 Å². The van der Waals surface area contributed by atoms with Crippen LogP contribution in [0.4, 0.5) is 13.2 Å². The Morgan fingerprint density at radius 1 is 1.33 bits per heavy atom. The van der Waals surface area contributed by atoms with Crippen LogP contribution in [0.3, 0.4) is 0 Å². The summed E-state index contributed by atoms with van der Waals surface area (Å²) in [6.45, 7) is 6.29. The van der Waals surface area contributed by atoms with Gasteiger partial charge >= 0.3 is 6.18 Å². The minimum Gasteiger partial charge on any atom is -0.355 e. The van der Waals surface area contributed by atoms with Crippen molar-refractivity contribution in [2.45, 2.75) is 38.2 Å². The molecule has 1 atom stereocenters. The molecule has 0 bridgehead atoms. The molecule has 1 heterocycles. The second-order valence-electron chi connectivity index (χ2n) is 5.64. The Hall–Kier alpha value is -0.430. The van der Waals surface area contributed by atoms with E-state index in [2.05, 4.69) is 20.6 Å². The normalized spacial score (nSPS) is 14.0. The Balaban J connectivity index is 0.00000529. The number of nitrogens with one attached hydrogen (secondary N) is 2. The highest BCUT2D eigenvalue weighted by Gasteiger charge is 2.33. The number of aromatic nitrogens is 1. The average molecular weight is 498 g/mol. The fourth-order valence-electron chi connectivity index (χ4n) is 1.47. The molecule has 1 unspecified atom stereocenters. The van der Waals surface area contributed by atoms with Gasteiger partial charge in [-0.1, -0.05) is 0 Å². The highest BCUT2D eigenvalue weighted by molar-refractivity contribution is 14.0. The van der Waals surface area contributed by atoms with Gasteiger partial charge in [-0.25, -0.2) is 4.98 Å². The summed E-state index contributed by atoms with van der Waals surface area (Å²) in [6.07, 6.45) is -4.42. The first-order valence-electron chi connectivity index (χ1n) is 6.88. The van der Waals surface area contributed by atoms with Crippen LogP contribution in [0.1, 0.15) is 31.5 Å². The van der Waals surface area contributed by atoms with Crippen molar-refractivity contribution >= 4 is 52.1 Å². The van der Waals surface area contributed by atoms with Crippen molar-refractivity contribution in [3.05, 3.63) is 16.1 Å². The Morgan fingerprint density at radius 3 is 2.42 bits per heavy atom. The first kappa shape index (κ1) is 23.6. The summed E-state index contributed by atoms with van der Waals surface area (Å²) >= 11 is 0.936. The molecule has 0 aliphatic carbocycles. The lowest BCUT2D eigenvalue weighted by Gasteiger charge is -2.18. The van der Waals surface area contributed by atoms with Gasteiger partial charge in [-0.15, -0.1) is 35.3 Å². The van der Waals surface area contributed by atoms with Gasteiger partial charge in [-0.2, -0.15) is 13.2 Å². The Labute approximate surface area is 163 Å². The van der Waals surface area contributed by atoms with E-state index in [1.54, 1.807) is 7.05 Å². The molecule has 0 spiro atoms. The fraction of sp³-hybridized carbons (Fsp3) is 0.692. The predicted molar refractivity (Wildman–Crippen MR) is 103 cm³/mol. The molecule has 0 saturated heterocycles. The van der Waals surface area contributed by atoms with E-state index in [1.807, 2.05) is 20.8 Å². The number of hydrogen-bond donors (Lipinski definition) is 2. The quantitative estimate of drug-likeness (QED) is 0.372. The topological polar surface area (TPSA) is 66.4 Å². The van der Waals surface area contributed by atoms with Crippen molar-refractivity contribution in [3.63, 3.8) is 0 Å². The number of halogens is 4. The molecule has 0 aliphatic heterocycles. The van der Waals surface area contributed by atoms with Gasteiger partial charge in [0.25, 0.3) is 0 Å². The molecule has 140 valence electrons. The van der Waals surface area contributed by atoms with E-state index in [9.17, 15) is 17.4 Å². The largest absolute Gasteiger partial charge is 0.434 e. The molecule has 11 heteroatoms. The number of thiazole rings is 1. The van der Waals surface area contributed by atoms with Crippen LogP contribution in [0.5, 0.6) is 0 Å². The molecule has 5 nitrogen and oxygen atoms in total. The van der Waals surface area contributed by atoms with Crippen LogP contribution in [-0.2, 0) is 23.5 Å². The molecular weight excluding hydrogens is 476 g/mol. The second-order valence-corrected chi connectivity index (χ2v) is 8.91. The smallest absolute Gasteiger partial charge is 0.355 e. The van der Waals surface area contributed by atoms with Crippen molar-refractivity contribution in [1.29, 1.82) is 0 Å². The van der Waals surface area contributed by atoms with Crippen molar-refractivity contribution in [3.8, 4) is 0 Å². The highest BCUT2D eigenvalue weighted by Crippen LogP contribution is 2.29. The second kappa shape index (κ2) is 9.90. The minimum atomic E-state index is -4.42. The van der Waals surface area contributed by atoms with E-state index in [0.717, 1.165) is 16.7 Å². The number of nitrogens with zero attached hydrogens (tertiary/aromatic N) is 2. The maximum absolute atomic E-state index is 12.5. The van der Waals surface area contributed by atoms with Crippen LogP contribution in [0.2, 0.25) is 0 Å². The predicted octanol–water partition coefficient (Wildman–Crippen LogP) is 2.99. The van der Waals surface area contributed by atoms with Gasteiger partial charge in [0.05, 0.1) is 6.54 Å². The minimum absolute atomic E-state index is 0. The van der Waals surface area contributed by atoms with Crippen molar-refractivity contribution in [2.24, 2.45) is 4.99 Å². The van der Waals surface area contributed by atoms with Crippen molar-refractivity contribution in [1.82, 2.24) is 15.6 Å². The van der Waals surface area contributed by atoms with E-state index in [1.165, 1.54) is 0 Å². The third kappa shape index (κ3) is 8.10. The molecular formula is C13H22F3IN4OS2. The van der Waals surface area contributed by atoms with E-state index < -0.39 is 22.7 Å². The van der Waals surface area contributed by atoms with E-state index in [4.69, 9.17) is 0 Å². The van der Waals surface area contributed by atoms with Gasteiger partial charge < -0.3 is 10.6 Å². The zero-order valence-corrected chi connectivity index (χ0v) is 17.8. The van der Waals surface area contributed by atoms with Crippen molar-refractivity contribution in [2.75, 3.05) is 19.3 Å². The number of guanidine groups is 1. The SMILES string of the molecule is CN=C(NCCS(=O)C(C)(C)C)NCc1nc(C(F)(F)F)cs1.I. The Kier molecular flexibility index (Phi) is 9.72. The van der Waals surface area contributed by atoms with Crippen molar-refractivity contribution < 1.29 is 17.4 Å². The molecule has 0 fully saturated rings. The standard InChI is InChI=1S/C13H21F3N4OS2.HI/c1-12(2,3)23(21)6-5-18-11(17-4)19-7-10-20-9(8-22-10)13(14,15)16;/h8H,5-7H2,1-4H3,(H2,17,18,19);1H. The summed E-state index contributed by atoms with van der Waals surface area (Å²) in [4.78, 5) is 7.50. The summed E-state index contributed by atoms with van der Waals surface area (Å²) in [5, 5.41) is 7.17. The first-order chi connectivity index (χ1) is 10.5. The first-order valence-corrected chi connectivity index (χ1v) is 9.08. The van der Waals surface area contributed by atoms with Crippen LogP contribution >= 0.6 is 35.3 Å². The molecule has 1 aromatic heterocycles. The lowest BCUT2D eigenvalue weighted by Crippen LogP contribution is -2.40. The summed E-state index contributed by atoms with van der Waals surface area (Å²) in [7, 11) is 0.572. The Bertz CT molecular complexity index is 570. The van der Waals surface area contributed by atoms with E-state index in [-0.39, 0.29) is 35.3 Å². The maximum Gasteiger partial charge on any atom is 0.434 e. The fourth-order valence-corrected chi connectivity index (χ4v) is 3.11. The molecule has 1 rings (SSSR count). The highest BCUT2D eigenvalue weighted by atomic mass is 127. The summed E-state index contributed by atoms with van der Waals surface area (Å²) in [6, 6.07) is 0. The number of aliphatic imine (C=N–C) groups is 1. The maximum atomic E-state index is 12.5. The van der Waals surface area contributed by atoms with Crippen LogP contribution in [-0.4, -0.2) is 39.2 Å². The van der Waals surface area contributed by atoms with Gasteiger partial charge in [0.1, 0.15) is 5.01 Å². The zero-order chi connectivity index (χ0) is 17.7. The van der Waals surface area contributed by atoms with Gasteiger partial charge in [-0.3, -0.25) is 9.20 Å². The molecule has 0 aliphatic rings. The van der Waals surface area contributed by atoms with Crippen LogP contribution in [0.15, 0.2) is 10.4 Å². The van der Waals surface area contributed by atoms with Gasteiger partial charge in [-0.05, 0) is 20.8 Å². The molecule has 0 aromatic carbocycles. The monoisotopic (exact) mass is 498 g/mol. The molecule has 1 aromatic rings. The third-order valence-electron chi connectivity index (χ3n) is 2.74. The number of hydrogen-bond acceptors (Lipinski definition) is 4. The zero-order valence-electron chi connectivity index (χ0n) is 13.9. The van der Waals surface area contributed by atoms with Crippen LogP contribution in [0.25, 0.3) is 0 Å². The lowest BCUT2D eigenvalue weighted by molar-refractivity contribution is -0.140. The molecule has 0 radical (unpaired) electrons. The Morgan fingerprint density at radius 2 is 1.96 bits per heavy atom. The summed E-state index contributed by atoms with van der Waals surface area (Å²) < 4.78 is 49.0. The summed E-state index contributed by atoms with van der Waals surface area (Å²) in [5.74, 6) is 0.888. The van der Waals surface area contributed by atoms with Gasteiger partial charge in [0.2, 0.25) is 0 Å². The van der Waals surface area contributed by atoms with E-state index in [0.29, 0.717) is 23.3 Å². The number of alkyl halides is 3. The van der Waals surface area contributed by atoms with Gasteiger partial charge in [0.15, 0.2) is 11.7 Å². The molecule has 24 heavy (non-hydrogen) atoms. The number of rotatable bonds is 5. The average Bonchev–Trinajstić information content (AvgIpc) is 2.90. The summed E-state index contributed by atoms with van der Waals surface area (Å²) in [5.41, 5.74) is -0.886. The molecule has 2 N–H and O–H groups in total.